The first-order valence-electron chi connectivity index (χ1n) is 5.30. The van der Waals surface area contributed by atoms with Gasteiger partial charge in [-0.15, -0.1) is 0 Å². The Hall–Kier alpha value is -1.17. The molecule has 0 fully saturated rings. The summed E-state index contributed by atoms with van der Waals surface area (Å²) in [5.41, 5.74) is 0.706. The molecule has 2 N–H and O–H groups in total. The van der Waals surface area contributed by atoms with E-state index in [1.165, 1.54) is 18.0 Å². The molecule has 0 spiro atoms. The molecule has 1 heterocycles. The summed E-state index contributed by atoms with van der Waals surface area (Å²) >= 11 is 13.5. The number of thioether (sulfide) groups is 1. The second-order valence-corrected chi connectivity index (χ2v) is 5.31. The zero-order chi connectivity index (χ0) is 14.0. The first kappa shape index (κ1) is 14.2. The molecule has 0 bridgehead atoms. The first-order valence-corrected chi connectivity index (χ1v) is 7.28. The van der Waals surface area contributed by atoms with Crippen molar-refractivity contribution < 1.29 is 9.90 Å². The smallest absolute Gasteiger partial charge is 0.335 e. The minimum atomic E-state index is -1.04. The van der Waals surface area contributed by atoms with Gasteiger partial charge in [0, 0.05) is 11.8 Å². The van der Waals surface area contributed by atoms with Crippen LogP contribution in [-0.4, -0.2) is 22.5 Å². The van der Waals surface area contributed by atoms with Gasteiger partial charge in [-0.05, 0) is 12.3 Å². The quantitative estimate of drug-likeness (QED) is 0.878. The molecule has 2 rings (SSSR count). The molecule has 19 heavy (non-hydrogen) atoms. The molecule has 1 aromatic carbocycles. The van der Waals surface area contributed by atoms with Crippen LogP contribution in [0.4, 0.5) is 0 Å². The monoisotopic (exact) mass is 316 g/mol. The van der Waals surface area contributed by atoms with Crippen molar-refractivity contribution in [1.29, 1.82) is 0 Å². The van der Waals surface area contributed by atoms with Crippen LogP contribution in [0.5, 0.6) is 0 Å². The molecular formula is C12H10Cl2N2O2S. The second kappa shape index (κ2) is 5.86. The maximum atomic E-state index is 11.3. The third-order valence-corrected chi connectivity index (χ3v) is 4.05. The largest absolute Gasteiger partial charge is 0.478 e. The Bertz CT molecular complexity index is 587. The zero-order valence-electron chi connectivity index (χ0n) is 9.85. The van der Waals surface area contributed by atoms with Crippen LogP contribution < -0.4 is 5.32 Å². The molecule has 1 aliphatic rings. The van der Waals surface area contributed by atoms with Crippen LogP contribution in [0, 0.1) is 0 Å². The van der Waals surface area contributed by atoms with Crippen molar-refractivity contribution in [3.8, 4) is 0 Å². The Labute approximate surface area is 124 Å². The zero-order valence-corrected chi connectivity index (χ0v) is 12.2. The third kappa shape index (κ3) is 2.88. The molecule has 1 atom stereocenters. The highest BCUT2D eigenvalue weighted by Gasteiger charge is 2.27. The van der Waals surface area contributed by atoms with E-state index in [-0.39, 0.29) is 5.57 Å². The van der Waals surface area contributed by atoms with Crippen LogP contribution in [0.15, 0.2) is 35.0 Å². The number of rotatable bonds is 2. The molecule has 100 valence electrons. The van der Waals surface area contributed by atoms with E-state index in [1.807, 2.05) is 6.26 Å². The van der Waals surface area contributed by atoms with E-state index in [1.54, 1.807) is 18.2 Å². The van der Waals surface area contributed by atoms with Gasteiger partial charge >= 0.3 is 5.97 Å². The summed E-state index contributed by atoms with van der Waals surface area (Å²) in [6, 6.07) is 4.44. The topological polar surface area (TPSA) is 61.7 Å². The Morgan fingerprint density at radius 3 is 2.84 bits per heavy atom. The summed E-state index contributed by atoms with van der Waals surface area (Å²) in [7, 11) is 0. The van der Waals surface area contributed by atoms with Gasteiger partial charge in [-0.25, -0.2) is 9.79 Å². The van der Waals surface area contributed by atoms with Gasteiger partial charge < -0.3 is 10.4 Å². The fourth-order valence-electron chi connectivity index (χ4n) is 1.70. The first-order chi connectivity index (χ1) is 9.04. The van der Waals surface area contributed by atoms with Crippen molar-refractivity contribution >= 4 is 46.1 Å². The molecule has 0 amide bonds. The highest BCUT2D eigenvalue weighted by atomic mass is 35.5. The molecular weight excluding hydrogens is 307 g/mol. The molecule has 1 aliphatic heterocycles. The molecule has 1 aromatic rings. The molecule has 4 nitrogen and oxygen atoms in total. The number of hydrogen-bond donors (Lipinski definition) is 2. The summed E-state index contributed by atoms with van der Waals surface area (Å²) in [6.07, 6.45) is 3.28. The number of benzene rings is 1. The van der Waals surface area contributed by atoms with E-state index in [0.29, 0.717) is 20.8 Å². The van der Waals surface area contributed by atoms with Gasteiger partial charge in [0.2, 0.25) is 0 Å². The Kier molecular flexibility index (Phi) is 4.39. The van der Waals surface area contributed by atoms with Crippen molar-refractivity contribution in [3.05, 3.63) is 45.6 Å². The number of nitrogens with zero attached hydrogens (tertiary/aromatic N) is 1. The highest BCUT2D eigenvalue weighted by molar-refractivity contribution is 8.13. The fourth-order valence-corrected chi connectivity index (χ4v) is 2.50. The van der Waals surface area contributed by atoms with E-state index >= 15 is 0 Å². The fraction of sp³-hybridized carbons (Fsp3) is 0.167. The van der Waals surface area contributed by atoms with Crippen molar-refractivity contribution in [3.63, 3.8) is 0 Å². The molecule has 7 heteroatoms. The number of carboxylic acid groups (broad SMARTS) is 1. The summed E-state index contributed by atoms with van der Waals surface area (Å²) in [6.45, 7) is 0. The van der Waals surface area contributed by atoms with Crippen LogP contribution >= 0.6 is 35.0 Å². The maximum Gasteiger partial charge on any atom is 0.335 e. The second-order valence-electron chi connectivity index (χ2n) is 3.73. The Balaban J connectivity index is 2.51. The van der Waals surface area contributed by atoms with E-state index in [0.717, 1.165) is 0 Å². The van der Waals surface area contributed by atoms with Crippen LogP contribution in [0.2, 0.25) is 10.0 Å². The van der Waals surface area contributed by atoms with E-state index in [4.69, 9.17) is 23.2 Å². The Morgan fingerprint density at radius 1 is 1.47 bits per heavy atom. The minimum absolute atomic E-state index is 0.127. The van der Waals surface area contributed by atoms with Crippen LogP contribution in [0.1, 0.15) is 11.6 Å². The van der Waals surface area contributed by atoms with Gasteiger partial charge in [0.05, 0.1) is 15.6 Å². The number of halogens is 2. The molecule has 0 aliphatic carbocycles. The normalized spacial score (nSPS) is 18.4. The van der Waals surface area contributed by atoms with Crippen molar-refractivity contribution in [1.82, 2.24) is 5.32 Å². The third-order valence-electron chi connectivity index (χ3n) is 2.61. The number of aliphatic imine (C=N–C) groups is 1. The molecule has 0 saturated heterocycles. The van der Waals surface area contributed by atoms with E-state index in [9.17, 15) is 9.90 Å². The lowest BCUT2D eigenvalue weighted by atomic mass is 9.99. The standard InChI is InChI=1S/C12H10Cl2N2O2S/c1-19-12-15-5-7(11(17)18)10(16-12)6-3-2-4-8(13)9(6)14/h2-5,10H,1H3,(H,15,16)(H,17,18). The summed E-state index contributed by atoms with van der Waals surface area (Å²) in [4.78, 5) is 15.6. The number of amidine groups is 1. The van der Waals surface area contributed by atoms with E-state index in [2.05, 4.69) is 10.3 Å². The highest BCUT2D eigenvalue weighted by Crippen LogP contribution is 2.36. The minimum Gasteiger partial charge on any atom is -0.478 e. The number of carboxylic acids is 1. The van der Waals surface area contributed by atoms with Crippen molar-refractivity contribution in [2.45, 2.75) is 6.04 Å². The molecule has 0 saturated carbocycles. The van der Waals surface area contributed by atoms with Gasteiger partial charge in [-0.3, -0.25) is 0 Å². The number of hydrogen-bond acceptors (Lipinski definition) is 4. The number of carbonyl (C=O) groups is 1. The van der Waals surface area contributed by atoms with Crippen LogP contribution in [0.25, 0.3) is 0 Å². The van der Waals surface area contributed by atoms with Crippen LogP contribution in [-0.2, 0) is 4.79 Å². The average Bonchev–Trinajstić information content (AvgIpc) is 2.41. The predicted octanol–water partition coefficient (Wildman–Crippen LogP) is 3.33. The van der Waals surface area contributed by atoms with Crippen molar-refractivity contribution in [2.24, 2.45) is 4.99 Å². The average molecular weight is 317 g/mol. The van der Waals surface area contributed by atoms with Crippen molar-refractivity contribution in [2.75, 3.05) is 6.26 Å². The summed E-state index contributed by atoms with van der Waals surface area (Å²) in [5, 5.41) is 13.4. The molecule has 1 unspecified atom stereocenters. The lowest BCUT2D eigenvalue weighted by Gasteiger charge is -2.21. The molecule has 0 radical (unpaired) electrons. The van der Waals surface area contributed by atoms with E-state index < -0.39 is 12.0 Å². The predicted molar refractivity (Wildman–Crippen MR) is 79.0 cm³/mol. The lowest BCUT2D eigenvalue weighted by Crippen LogP contribution is -2.25. The van der Waals surface area contributed by atoms with Gasteiger partial charge in [0.15, 0.2) is 5.17 Å². The summed E-state index contributed by atoms with van der Waals surface area (Å²) in [5.74, 6) is -1.04. The number of aliphatic carboxylic acids is 1. The van der Waals surface area contributed by atoms with Gasteiger partial charge in [0.1, 0.15) is 6.04 Å². The number of nitrogens with one attached hydrogen (secondary N) is 1. The molecule has 0 aromatic heterocycles. The van der Waals surface area contributed by atoms with Gasteiger partial charge in [-0.2, -0.15) is 0 Å². The lowest BCUT2D eigenvalue weighted by molar-refractivity contribution is -0.133. The van der Waals surface area contributed by atoms with Crippen LogP contribution in [0.3, 0.4) is 0 Å². The van der Waals surface area contributed by atoms with Gasteiger partial charge in [0.25, 0.3) is 0 Å². The maximum absolute atomic E-state index is 11.3. The SMILES string of the molecule is CSC1=NC(c2cccc(Cl)c2Cl)C(C(=O)O)=CN1. The van der Waals surface area contributed by atoms with Gasteiger partial charge in [-0.1, -0.05) is 47.1 Å². The Morgan fingerprint density at radius 2 is 2.21 bits per heavy atom. The summed E-state index contributed by atoms with van der Waals surface area (Å²) < 4.78 is 0.